The first-order chi connectivity index (χ1) is 8.24. The van der Waals surface area contributed by atoms with E-state index < -0.39 is 0 Å². The van der Waals surface area contributed by atoms with E-state index in [-0.39, 0.29) is 0 Å². The SMILES string of the molecule is CCCn1nncc1-c1cc(Br)nc(CC)n1. The second-order valence-electron chi connectivity index (χ2n) is 3.69. The number of aryl methyl sites for hydroxylation is 2. The summed E-state index contributed by atoms with van der Waals surface area (Å²) in [6.07, 6.45) is 3.56. The van der Waals surface area contributed by atoms with E-state index in [1.165, 1.54) is 0 Å². The molecule has 5 nitrogen and oxygen atoms in total. The predicted octanol–water partition coefficient (Wildman–Crippen LogP) is 2.47. The minimum Gasteiger partial charge on any atom is -0.243 e. The molecule has 0 aliphatic rings. The van der Waals surface area contributed by atoms with Gasteiger partial charge in [0.2, 0.25) is 0 Å². The van der Waals surface area contributed by atoms with Gasteiger partial charge in [0.25, 0.3) is 0 Å². The van der Waals surface area contributed by atoms with Gasteiger partial charge in [-0.15, -0.1) is 5.10 Å². The van der Waals surface area contributed by atoms with Gasteiger partial charge in [0, 0.05) is 13.0 Å². The van der Waals surface area contributed by atoms with Gasteiger partial charge in [-0.3, -0.25) is 0 Å². The number of hydrogen-bond acceptors (Lipinski definition) is 4. The van der Waals surface area contributed by atoms with Crippen LogP contribution in [0.15, 0.2) is 16.9 Å². The van der Waals surface area contributed by atoms with E-state index >= 15 is 0 Å². The summed E-state index contributed by atoms with van der Waals surface area (Å²) in [7, 11) is 0. The van der Waals surface area contributed by atoms with Crippen molar-refractivity contribution in [2.75, 3.05) is 0 Å². The molecule has 0 unspecified atom stereocenters. The second kappa shape index (κ2) is 5.35. The molecule has 0 fully saturated rings. The summed E-state index contributed by atoms with van der Waals surface area (Å²) in [5, 5.41) is 8.00. The van der Waals surface area contributed by atoms with Crippen molar-refractivity contribution in [1.29, 1.82) is 0 Å². The van der Waals surface area contributed by atoms with Gasteiger partial charge in [-0.05, 0) is 28.4 Å². The van der Waals surface area contributed by atoms with Gasteiger partial charge in [-0.25, -0.2) is 14.6 Å². The fraction of sp³-hybridized carbons (Fsp3) is 0.455. The molecule has 17 heavy (non-hydrogen) atoms. The standard InChI is InChI=1S/C11H14BrN5/c1-3-5-17-9(7-13-16-17)8-6-10(12)15-11(4-2)14-8/h6-7H,3-5H2,1-2H3. The normalized spacial score (nSPS) is 10.8. The molecule has 2 aromatic heterocycles. The molecule has 2 rings (SSSR count). The fourth-order valence-corrected chi connectivity index (χ4v) is 2.01. The van der Waals surface area contributed by atoms with Crippen molar-refractivity contribution in [3.05, 3.63) is 22.7 Å². The minimum absolute atomic E-state index is 0.795. The van der Waals surface area contributed by atoms with Crippen molar-refractivity contribution in [3.8, 4) is 11.4 Å². The summed E-state index contributed by atoms with van der Waals surface area (Å²) >= 11 is 3.40. The molecule has 0 atom stereocenters. The Kier molecular flexibility index (Phi) is 3.83. The highest BCUT2D eigenvalue weighted by Gasteiger charge is 2.10. The number of nitrogens with zero attached hydrogens (tertiary/aromatic N) is 5. The molecule has 0 radical (unpaired) electrons. The maximum Gasteiger partial charge on any atom is 0.130 e. The maximum atomic E-state index is 4.50. The van der Waals surface area contributed by atoms with Gasteiger partial charge < -0.3 is 0 Å². The third-order valence-electron chi connectivity index (χ3n) is 2.37. The van der Waals surface area contributed by atoms with Crippen molar-refractivity contribution < 1.29 is 0 Å². The minimum atomic E-state index is 0.795. The molecule has 0 saturated carbocycles. The first-order valence-corrected chi connectivity index (χ1v) is 6.46. The van der Waals surface area contributed by atoms with Crippen LogP contribution < -0.4 is 0 Å². The fourth-order valence-electron chi connectivity index (χ4n) is 1.59. The number of aromatic nitrogens is 5. The zero-order valence-corrected chi connectivity index (χ0v) is 11.5. The second-order valence-corrected chi connectivity index (χ2v) is 4.50. The van der Waals surface area contributed by atoms with Gasteiger partial charge in [-0.1, -0.05) is 19.1 Å². The lowest BCUT2D eigenvalue weighted by atomic mass is 10.3. The number of hydrogen-bond donors (Lipinski definition) is 0. The zero-order chi connectivity index (χ0) is 12.3. The largest absolute Gasteiger partial charge is 0.243 e. The Hall–Kier alpha value is -1.30. The van der Waals surface area contributed by atoms with E-state index in [1.807, 2.05) is 17.7 Å². The van der Waals surface area contributed by atoms with Crippen LogP contribution in [0.4, 0.5) is 0 Å². The van der Waals surface area contributed by atoms with Crippen LogP contribution in [0.1, 0.15) is 26.1 Å². The Morgan fingerprint density at radius 1 is 1.29 bits per heavy atom. The molecule has 0 aliphatic heterocycles. The third-order valence-corrected chi connectivity index (χ3v) is 2.78. The Labute approximate surface area is 108 Å². The summed E-state index contributed by atoms with van der Waals surface area (Å²) in [4.78, 5) is 8.79. The van der Waals surface area contributed by atoms with E-state index in [9.17, 15) is 0 Å². The lowest BCUT2D eigenvalue weighted by molar-refractivity contribution is 0.583. The first-order valence-electron chi connectivity index (χ1n) is 5.67. The van der Waals surface area contributed by atoms with Gasteiger partial charge >= 0.3 is 0 Å². The molecular formula is C11H14BrN5. The monoisotopic (exact) mass is 295 g/mol. The van der Waals surface area contributed by atoms with Crippen LogP contribution in [0.2, 0.25) is 0 Å². The van der Waals surface area contributed by atoms with Crippen LogP contribution in [0.25, 0.3) is 11.4 Å². The topological polar surface area (TPSA) is 56.5 Å². The highest BCUT2D eigenvalue weighted by molar-refractivity contribution is 9.10. The highest BCUT2D eigenvalue weighted by Crippen LogP contribution is 2.19. The molecule has 0 amide bonds. The van der Waals surface area contributed by atoms with Crippen LogP contribution in [-0.2, 0) is 13.0 Å². The average molecular weight is 296 g/mol. The third kappa shape index (κ3) is 2.69. The van der Waals surface area contributed by atoms with E-state index in [2.05, 4.69) is 43.1 Å². The molecule has 90 valence electrons. The van der Waals surface area contributed by atoms with Gasteiger partial charge in [0.05, 0.1) is 11.9 Å². The molecule has 0 bridgehead atoms. The Morgan fingerprint density at radius 2 is 2.12 bits per heavy atom. The summed E-state index contributed by atoms with van der Waals surface area (Å²) in [5.74, 6) is 0.818. The summed E-state index contributed by atoms with van der Waals surface area (Å²) in [6, 6.07) is 1.89. The zero-order valence-electron chi connectivity index (χ0n) is 9.89. The molecule has 0 aromatic carbocycles. The maximum absolute atomic E-state index is 4.50. The molecule has 6 heteroatoms. The Bertz CT molecular complexity index is 508. The van der Waals surface area contributed by atoms with Crippen molar-refractivity contribution in [2.45, 2.75) is 33.2 Å². The van der Waals surface area contributed by atoms with Crippen molar-refractivity contribution in [1.82, 2.24) is 25.0 Å². The lowest BCUT2D eigenvalue weighted by Crippen LogP contribution is -2.04. The number of halogens is 1. The quantitative estimate of drug-likeness (QED) is 0.813. The Morgan fingerprint density at radius 3 is 2.82 bits per heavy atom. The molecule has 0 saturated heterocycles. The van der Waals surface area contributed by atoms with Gasteiger partial charge in [0.15, 0.2) is 0 Å². The summed E-state index contributed by atoms with van der Waals surface area (Å²) in [6.45, 7) is 4.99. The van der Waals surface area contributed by atoms with E-state index in [4.69, 9.17) is 0 Å². The summed E-state index contributed by atoms with van der Waals surface area (Å²) in [5.41, 5.74) is 1.80. The predicted molar refractivity (Wildman–Crippen MR) is 68.4 cm³/mol. The average Bonchev–Trinajstić information content (AvgIpc) is 2.77. The van der Waals surface area contributed by atoms with Crippen LogP contribution in [-0.4, -0.2) is 25.0 Å². The summed E-state index contributed by atoms with van der Waals surface area (Å²) < 4.78 is 2.66. The molecular weight excluding hydrogens is 282 g/mol. The number of rotatable bonds is 4. The van der Waals surface area contributed by atoms with Crippen LogP contribution in [0.5, 0.6) is 0 Å². The van der Waals surface area contributed by atoms with Gasteiger partial charge in [-0.2, -0.15) is 0 Å². The van der Waals surface area contributed by atoms with Crippen LogP contribution >= 0.6 is 15.9 Å². The lowest BCUT2D eigenvalue weighted by Gasteiger charge is -2.05. The molecule has 0 aliphatic carbocycles. The Balaban J connectivity index is 2.44. The molecule has 2 aromatic rings. The highest BCUT2D eigenvalue weighted by atomic mass is 79.9. The van der Waals surface area contributed by atoms with Crippen molar-refractivity contribution in [3.63, 3.8) is 0 Å². The van der Waals surface area contributed by atoms with E-state index in [1.54, 1.807) is 6.20 Å². The van der Waals surface area contributed by atoms with Crippen LogP contribution in [0, 0.1) is 0 Å². The van der Waals surface area contributed by atoms with Crippen molar-refractivity contribution >= 4 is 15.9 Å². The molecule has 2 heterocycles. The van der Waals surface area contributed by atoms with Crippen LogP contribution in [0.3, 0.4) is 0 Å². The van der Waals surface area contributed by atoms with Gasteiger partial charge in [0.1, 0.15) is 16.1 Å². The van der Waals surface area contributed by atoms with E-state index in [0.29, 0.717) is 0 Å². The van der Waals surface area contributed by atoms with E-state index in [0.717, 1.165) is 41.2 Å². The molecule has 0 N–H and O–H groups in total. The van der Waals surface area contributed by atoms with Crippen molar-refractivity contribution in [2.24, 2.45) is 0 Å². The molecule has 0 spiro atoms. The first kappa shape index (κ1) is 12.2. The smallest absolute Gasteiger partial charge is 0.130 e.